The minimum Gasteiger partial charge on any atom is -0.481 e. The number of amides is 1. The van der Waals surface area contributed by atoms with Crippen LogP contribution in [-0.4, -0.2) is 44.8 Å². The minimum atomic E-state index is -0.812. The first-order valence-corrected chi connectivity index (χ1v) is 9.61. The number of carbonyl (C=O) groups is 2. The first-order valence-electron chi connectivity index (χ1n) is 7.12. The van der Waals surface area contributed by atoms with Gasteiger partial charge in [-0.1, -0.05) is 21.6 Å². The molecule has 0 radical (unpaired) electrons. The smallest absolute Gasteiger partial charge is 0.304 e. The number of nitrogens with one attached hydrogen (secondary N) is 1. The highest BCUT2D eigenvalue weighted by Gasteiger charge is 2.09. The number of hydrogen-bond acceptors (Lipinski definition) is 5. The fourth-order valence-electron chi connectivity index (χ4n) is 1.73. The predicted molar refractivity (Wildman–Crippen MR) is 93.0 cm³/mol. The van der Waals surface area contributed by atoms with E-state index in [9.17, 15) is 14.0 Å². The van der Waals surface area contributed by atoms with Gasteiger partial charge >= 0.3 is 5.97 Å². The number of hydrogen-bond donors (Lipinski definition) is 2. The Morgan fingerprint density at radius 2 is 1.88 bits per heavy atom. The highest BCUT2D eigenvalue weighted by molar-refractivity contribution is 8.76. The van der Waals surface area contributed by atoms with Gasteiger partial charge in [0, 0.05) is 24.2 Å². The van der Waals surface area contributed by atoms with Crippen LogP contribution in [0.15, 0.2) is 36.5 Å². The summed E-state index contributed by atoms with van der Waals surface area (Å²) in [5, 5.41) is 15.4. The monoisotopic (exact) mass is 369 g/mol. The third-order valence-corrected chi connectivity index (χ3v) is 5.27. The Balaban J connectivity index is 1.73. The Labute approximate surface area is 146 Å². The molecule has 1 aromatic carbocycles. The number of nitrogens with zero attached hydrogens (tertiary/aromatic N) is 2. The molecule has 0 atom stereocenters. The molecule has 0 spiro atoms. The summed E-state index contributed by atoms with van der Waals surface area (Å²) in [6, 6.07) is 7.41. The number of carbonyl (C=O) groups excluding carboxylic acids is 1. The van der Waals surface area contributed by atoms with E-state index in [1.54, 1.807) is 24.4 Å². The average molecular weight is 369 g/mol. The van der Waals surface area contributed by atoms with Crippen molar-refractivity contribution in [1.82, 2.24) is 15.1 Å². The van der Waals surface area contributed by atoms with Crippen molar-refractivity contribution in [3.63, 3.8) is 0 Å². The van der Waals surface area contributed by atoms with Crippen molar-refractivity contribution in [2.24, 2.45) is 0 Å². The molecular weight excluding hydrogens is 353 g/mol. The first kappa shape index (κ1) is 18.3. The van der Waals surface area contributed by atoms with Gasteiger partial charge in [0.1, 0.15) is 5.82 Å². The molecule has 9 heteroatoms. The predicted octanol–water partition coefficient (Wildman–Crippen LogP) is 2.60. The van der Waals surface area contributed by atoms with Gasteiger partial charge in [0.2, 0.25) is 0 Å². The number of halogens is 1. The van der Waals surface area contributed by atoms with Gasteiger partial charge in [-0.05, 0) is 30.3 Å². The maximum absolute atomic E-state index is 12.9. The highest BCUT2D eigenvalue weighted by atomic mass is 33.1. The molecule has 24 heavy (non-hydrogen) atoms. The van der Waals surface area contributed by atoms with Crippen LogP contribution in [0.2, 0.25) is 0 Å². The van der Waals surface area contributed by atoms with E-state index in [-0.39, 0.29) is 23.8 Å². The van der Waals surface area contributed by atoms with Gasteiger partial charge in [0.15, 0.2) is 5.69 Å². The van der Waals surface area contributed by atoms with Crippen LogP contribution in [0.4, 0.5) is 4.39 Å². The maximum Gasteiger partial charge on any atom is 0.304 e. The van der Waals surface area contributed by atoms with Crippen molar-refractivity contribution in [1.29, 1.82) is 0 Å². The van der Waals surface area contributed by atoms with E-state index in [1.807, 2.05) is 0 Å². The summed E-state index contributed by atoms with van der Waals surface area (Å²) >= 11 is 0. The normalized spacial score (nSPS) is 10.5. The topological polar surface area (TPSA) is 84.2 Å². The van der Waals surface area contributed by atoms with Crippen LogP contribution in [0.25, 0.3) is 5.69 Å². The Kier molecular flexibility index (Phi) is 7.13. The van der Waals surface area contributed by atoms with Gasteiger partial charge in [-0.3, -0.25) is 9.59 Å². The molecule has 1 heterocycles. The summed E-state index contributed by atoms with van der Waals surface area (Å²) < 4.78 is 14.4. The number of carboxylic acids is 1. The van der Waals surface area contributed by atoms with E-state index >= 15 is 0 Å². The van der Waals surface area contributed by atoms with Crippen LogP contribution in [0.3, 0.4) is 0 Å². The summed E-state index contributed by atoms with van der Waals surface area (Å²) in [4.78, 5) is 22.3. The number of aromatic nitrogens is 2. The van der Waals surface area contributed by atoms with Crippen molar-refractivity contribution in [3.8, 4) is 5.69 Å². The van der Waals surface area contributed by atoms with Gasteiger partial charge in [-0.25, -0.2) is 9.07 Å². The molecule has 0 saturated heterocycles. The quantitative estimate of drug-likeness (QED) is 0.522. The van der Waals surface area contributed by atoms with Gasteiger partial charge in [0.05, 0.1) is 12.1 Å². The third kappa shape index (κ3) is 5.89. The second-order valence-electron chi connectivity index (χ2n) is 4.67. The van der Waals surface area contributed by atoms with E-state index in [0.29, 0.717) is 23.7 Å². The SMILES string of the molecule is O=C(O)CCSSCCNC(=O)c1ccn(-c2ccc(F)cc2)n1. The van der Waals surface area contributed by atoms with Crippen molar-refractivity contribution >= 4 is 33.5 Å². The Morgan fingerprint density at radius 1 is 1.17 bits per heavy atom. The van der Waals surface area contributed by atoms with Gasteiger partial charge in [-0.15, -0.1) is 0 Å². The molecule has 0 aliphatic carbocycles. The van der Waals surface area contributed by atoms with Crippen molar-refractivity contribution in [2.45, 2.75) is 6.42 Å². The lowest BCUT2D eigenvalue weighted by Gasteiger charge is -2.03. The molecule has 2 rings (SSSR count). The number of rotatable bonds is 9. The maximum atomic E-state index is 12.9. The van der Waals surface area contributed by atoms with E-state index < -0.39 is 5.97 Å². The van der Waals surface area contributed by atoms with Crippen LogP contribution in [0.5, 0.6) is 0 Å². The molecule has 1 aromatic heterocycles. The lowest BCUT2D eigenvalue weighted by atomic mass is 10.3. The molecule has 0 unspecified atom stereocenters. The summed E-state index contributed by atoms with van der Waals surface area (Å²) in [7, 11) is 2.98. The lowest BCUT2D eigenvalue weighted by molar-refractivity contribution is -0.136. The van der Waals surface area contributed by atoms with Crippen molar-refractivity contribution in [2.75, 3.05) is 18.1 Å². The summed E-state index contributed by atoms with van der Waals surface area (Å²) in [5.41, 5.74) is 0.948. The summed E-state index contributed by atoms with van der Waals surface area (Å²) in [6.45, 7) is 0.465. The molecular formula is C15H16FN3O3S2. The van der Waals surface area contributed by atoms with Crippen LogP contribution in [0.1, 0.15) is 16.9 Å². The number of aliphatic carboxylic acids is 1. The van der Waals surface area contributed by atoms with E-state index in [0.717, 1.165) is 0 Å². The number of benzene rings is 1. The molecule has 0 aliphatic heterocycles. The molecule has 0 fully saturated rings. The van der Waals surface area contributed by atoms with Crippen molar-refractivity contribution in [3.05, 3.63) is 48.0 Å². The van der Waals surface area contributed by atoms with Crippen LogP contribution >= 0.6 is 21.6 Å². The first-order chi connectivity index (χ1) is 11.6. The zero-order chi connectivity index (χ0) is 17.4. The minimum absolute atomic E-state index is 0.130. The summed E-state index contributed by atoms with van der Waals surface area (Å²) in [5.74, 6) is -0.215. The van der Waals surface area contributed by atoms with Crippen LogP contribution < -0.4 is 5.32 Å². The fraction of sp³-hybridized carbons (Fsp3) is 0.267. The van der Waals surface area contributed by atoms with E-state index in [1.165, 1.54) is 38.4 Å². The Bertz CT molecular complexity index is 692. The molecule has 6 nitrogen and oxygen atoms in total. The molecule has 0 aliphatic rings. The Hall–Kier alpha value is -2.00. The third-order valence-electron chi connectivity index (χ3n) is 2.87. The largest absolute Gasteiger partial charge is 0.481 e. The molecule has 2 aromatic rings. The number of carboxylic acid groups (broad SMARTS) is 1. The molecule has 128 valence electrons. The Morgan fingerprint density at radius 3 is 2.58 bits per heavy atom. The van der Waals surface area contributed by atoms with Crippen LogP contribution in [0, 0.1) is 5.82 Å². The zero-order valence-electron chi connectivity index (χ0n) is 12.6. The van der Waals surface area contributed by atoms with Gasteiger partial charge < -0.3 is 10.4 Å². The highest BCUT2D eigenvalue weighted by Crippen LogP contribution is 2.20. The van der Waals surface area contributed by atoms with Gasteiger partial charge in [0.25, 0.3) is 5.91 Å². The fourth-order valence-corrected chi connectivity index (χ4v) is 3.61. The lowest BCUT2D eigenvalue weighted by Crippen LogP contribution is -2.26. The van der Waals surface area contributed by atoms with Crippen LogP contribution in [-0.2, 0) is 4.79 Å². The second-order valence-corrected chi connectivity index (χ2v) is 7.37. The molecule has 1 amide bonds. The van der Waals surface area contributed by atoms with E-state index in [4.69, 9.17) is 5.11 Å². The standard InChI is InChI=1S/C15H16FN3O3S2/c16-11-1-3-12(4-2-11)19-8-5-13(18-19)15(22)17-7-10-24-23-9-6-14(20)21/h1-5,8H,6-7,9-10H2,(H,17,22)(H,20,21). The van der Waals surface area contributed by atoms with Crippen molar-refractivity contribution < 1.29 is 19.1 Å². The molecule has 0 bridgehead atoms. The second kappa shape index (κ2) is 9.33. The zero-order valence-corrected chi connectivity index (χ0v) is 14.3. The van der Waals surface area contributed by atoms with Gasteiger partial charge in [-0.2, -0.15) is 5.10 Å². The molecule has 2 N–H and O–H groups in total. The average Bonchev–Trinajstić information content (AvgIpc) is 3.04. The summed E-state index contributed by atoms with van der Waals surface area (Å²) in [6.07, 6.45) is 1.77. The molecule has 0 saturated carbocycles. The van der Waals surface area contributed by atoms with E-state index in [2.05, 4.69) is 10.4 Å².